The van der Waals surface area contributed by atoms with Crippen LogP contribution >= 0.6 is 0 Å². The molecule has 0 saturated carbocycles. The summed E-state index contributed by atoms with van der Waals surface area (Å²) in [5.41, 5.74) is -0.244. The lowest BCUT2D eigenvalue weighted by Crippen LogP contribution is -2.51. The second-order valence-electron chi connectivity index (χ2n) is 7.51. The van der Waals surface area contributed by atoms with Gasteiger partial charge in [0.2, 0.25) is 0 Å². The van der Waals surface area contributed by atoms with Gasteiger partial charge in [0.15, 0.2) is 11.5 Å². The predicted octanol–water partition coefficient (Wildman–Crippen LogP) is 0.453. The average Bonchev–Trinajstić information content (AvgIpc) is 3.06. The summed E-state index contributed by atoms with van der Waals surface area (Å²) in [6, 6.07) is 10.6. The van der Waals surface area contributed by atoms with E-state index in [2.05, 4.69) is 10.3 Å². The molecule has 9 heteroatoms. The zero-order valence-corrected chi connectivity index (χ0v) is 17.8. The number of rotatable bonds is 10. The molecule has 3 rings (SSSR count). The minimum Gasteiger partial charge on any atom is -0.493 e. The lowest BCUT2D eigenvalue weighted by molar-refractivity contribution is -0.0377. The fourth-order valence-electron chi connectivity index (χ4n) is 3.51. The summed E-state index contributed by atoms with van der Waals surface area (Å²) in [6.45, 7) is 1.77. The molecule has 3 N–H and O–H groups in total. The highest BCUT2D eigenvalue weighted by Crippen LogP contribution is 2.30. The van der Waals surface area contributed by atoms with Crippen LogP contribution in [-0.2, 0) is 11.3 Å². The highest BCUT2D eigenvalue weighted by atomic mass is 16.5. The molecule has 0 unspecified atom stereocenters. The van der Waals surface area contributed by atoms with Gasteiger partial charge in [-0.3, -0.25) is 14.7 Å². The number of nitrogens with zero attached hydrogens (tertiary/aromatic N) is 2. The third kappa shape index (κ3) is 5.92. The Bertz CT molecular complexity index is 866. The number of likely N-dealkylation sites (tertiary alicyclic amines) is 1. The Labute approximate surface area is 181 Å². The van der Waals surface area contributed by atoms with Crippen LogP contribution in [0.1, 0.15) is 16.1 Å². The van der Waals surface area contributed by atoms with E-state index >= 15 is 0 Å². The highest BCUT2D eigenvalue weighted by Gasteiger charge is 2.44. The van der Waals surface area contributed by atoms with Gasteiger partial charge in [0, 0.05) is 32.9 Å². The average molecular weight is 431 g/mol. The molecule has 1 aliphatic rings. The molecule has 1 saturated heterocycles. The van der Waals surface area contributed by atoms with Crippen LogP contribution in [-0.4, -0.2) is 84.8 Å². The number of β-amino-alcohol motifs (C(OH)–C–C–N with tert-alkyl or cyclic N) is 2. The maximum atomic E-state index is 12.2. The minimum atomic E-state index is -1.45. The number of hydrogen-bond acceptors (Lipinski definition) is 8. The molecule has 2 heterocycles. The summed E-state index contributed by atoms with van der Waals surface area (Å²) in [6.07, 6.45) is 0.532. The maximum absolute atomic E-state index is 12.2. The normalized spacial score (nSPS) is 21.1. The Hall–Kier alpha value is -2.72. The Morgan fingerprint density at radius 1 is 1.26 bits per heavy atom. The first-order valence-electron chi connectivity index (χ1n) is 10.1. The molecule has 1 amide bonds. The fourth-order valence-corrected chi connectivity index (χ4v) is 3.51. The van der Waals surface area contributed by atoms with E-state index in [9.17, 15) is 15.0 Å². The van der Waals surface area contributed by atoms with Gasteiger partial charge in [0.05, 0.1) is 26.4 Å². The molecule has 168 valence electrons. The zero-order chi connectivity index (χ0) is 22.3. The van der Waals surface area contributed by atoms with Gasteiger partial charge in [-0.15, -0.1) is 0 Å². The molecular weight excluding hydrogens is 402 g/mol. The summed E-state index contributed by atoms with van der Waals surface area (Å²) in [5.74, 6) is 0.831. The first-order valence-corrected chi connectivity index (χ1v) is 10.1. The highest BCUT2D eigenvalue weighted by molar-refractivity contribution is 5.92. The molecule has 2 aromatic rings. The number of methoxy groups -OCH3 is 2. The van der Waals surface area contributed by atoms with Crippen LogP contribution in [0.2, 0.25) is 0 Å². The molecule has 31 heavy (non-hydrogen) atoms. The van der Waals surface area contributed by atoms with Crippen LogP contribution in [0.5, 0.6) is 11.5 Å². The van der Waals surface area contributed by atoms with Crippen LogP contribution in [0.15, 0.2) is 42.6 Å². The van der Waals surface area contributed by atoms with E-state index in [-0.39, 0.29) is 25.3 Å². The number of hydrogen-bond donors (Lipinski definition) is 3. The largest absolute Gasteiger partial charge is 0.493 e. The van der Waals surface area contributed by atoms with Gasteiger partial charge >= 0.3 is 0 Å². The number of pyridine rings is 1. The molecule has 1 aromatic carbocycles. The van der Waals surface area contributed by atoms with Crippen LogP contribution < -0.4 is 14.8 Å². The van der Waals surface area contributed by atoms with Crippen molar-refractivity contribution in [1.82, 2.24) is 15.2 Å². The topological polar surface area (TPSA) is 113 Å². The first kappa shape index (κ1) is 23.0. The van der Waals surface area contributed by atoms with Crippen molar-refractivity contribution in [2.24, 2.45) is 0 Å². The lowest BCUT2D eigenvalue weighted by Gasteiger charge is -2.26. The number of amides is 1. The van der Waals surface area contributed by atoms with E-state index in [4.69, 9.17) is 14.2 Å². The molecule has 2 atom stereocenters. The van der Waals surface area contributed by atoms with E-state index in [0.717, 1.165) is 5.56 Å². The monoisotopic (exact) mass is 431 g/mol. The summed E-state index contributed by atoms with van der Waals surface area (Å²) in [7, 11) is 3.18. The van der Waals surface area contributed by atoms with Crippen LogP contribution in [0, 0.1) is 0 Å². The van der Waals surface area contributed by atoms with Gasteiger partial charge in [-0.25, -0.2) is 0 Å². The number of aromatic nitrogens is 1. The van der Waals surface area contributed by atoms with Gasteiger partial charge in [-0.05, 0) is 29.8 Å². The molecule has 0 radical (unpaired) electrons. The van der Waals surface area contributed by atoms with Crippen molar-refractivity contribution in [2.45, 2.75) is 18.2 Å². The van der Waals surface area contributed by atoms with Crippen molar-refractivity contribution in [3.05, 3.63) is 53.9 Å². The van der Waals surface area contributed by atoms with Gasteiger partial charge in [-0.2, -0.15) is 0 Å². The number of carbonyl (C=O) groups excluding carboxylic acids is 1. The van der Waals surface area contributed by atoms with Crippen LogP contribution in [0.4, 0.5) is 0 Å². The number of ether oxygens (including phenoxy) is 3. The second kappa shape index (κ2) is 10.5. The number of benzene rings is 1. The van der Waals surface area contributed by atoms with E-state index in [1.54, 1.807) is 32.4 Å². The number of aliphatic hydroxyl groups excluding tert-OH is 1. The summed E-state index contributed by atoms with van der Waals surface area (Å²) >= 11 is 0. The Morgan fingerprint density at radius 3 is 2.81 bits per heavy atom. The Morgan fingerprint density at radius 2 is 2.10 bits per heavy atom. The number of nitrogens with one attached hydrogen (secondary N) is 1. The predicted molar refractivity (Wildman–Crippen MR) is 113 cm³/mol. The van der Waals surface area contributed by atoms with E-state index < -0.39 is 17.6 Å². The first-order chi connectivity index (χ1) is 14.9. The van der Waals surface area contributed by atoms with Gasteiger partial charge in [0.1, 0.15) is 17.9 Å². The molecule has 0 bridgehead atoms. The fraction of sp³-hybridized carbons (Fsp3) is 0.455. The van der Waals surface area contributed by atoms with E-state index in [1.165, 1.54) is 6.20 Å². The summed E-state index contributed by atoms with van der Waals surface area (Å²) in [5, 5.41) is 24.0. The van der Waals surface area contributed by atoms with E-state index in [0.29, 0.717) is 31.3 Å². The zero-order valence-electron chi connectivity index (χ0n) is 17.8. The smallest absolute Gasteiger partial charge is 0.269 e. The van der Waals surface area contributed by atoms with Crippen LogP contribution in [0.3, 0.4) is 0 Å². The van der Waals surface area contributed by atoms with E-state index in [1.807, 2.05) is 23.1 Å². The third-order valence-electron chi connectivity index (χ3n) is 5.18. The summed E-state index contributed by atoms with van der Waals surface area (Å²) in [4.78, 5) is 18.1. The number of carbonyl (C=O) groups is 1. The minimum absolute atomic E-state index is 0.0753. The molecule has 0 aliphatic carbocycles. The molecule has 1 aliphatic heterocycles. The van der Waals surface area contributed by atoms with Crippen molar-refractivity contribution in [1.29, 1.82) is 0 Å². The quantitative estimate of drug-likeness (QED) is 0.465. The van der Waals surface area contributed by atoms with Crippen molar-refractivity contribution < 1.29 is 29.2 Å². The summed E-state index contributed by atoms with van der Waals surface area (Å²) < 4.78 is 16.1. The van der Waals surface area contributed by atoms with Gasteiger partial charge in [-0.1, -0.05) is 12.1 Å². The van der Waals surface area contributed by atoms with Gasteiger partial charge in [0.25, 0.3) is 5.91 Å². The molecule has 0 spiro atoms. The molecule has 1 fully saturated rings. The van der Waals surface area contributed by atoms with Gasteiger partial charge < -0.3 is 29.7 Å². The van der Waals surface area contributed by atoms with Crippen molar-refractivity contribution in [2.75, 3.05) is 47.1 Å². The standard InChI is InChI=1S/C22H29N3O6/c1-29-9-10-31-19-11-16(6-7-18(19)30-2)12-25-13-20(26)22(28,15-25)14-24-21(27)17-5-3-4-8-23-17/h3-8,11,20,26,28H,9-10,12-15H2,1-2H3,(H,24,27)/t20-,22+/m1/s1. The Balaban J connectivity index is 1.60. The Kier molecular flexibility index (Phi) is 7.80. The second-order valence-corrected chi connectivity index (χ2v) is 7.51. The molecule has 9 nitrogen and oxygen atoms in total. The SMILES string of the molecule is COCCOc1cc(CN2C[C@@H](O)[C@](O)(CNC(=O)c3ccccn3)C2)ccc1OC. The number of aliphatic hydroxyl groups is 2. The van der Waals surface area contributed by atoms with Crippen molar-refractivity contribution in [3.8, 4) is 11.5 Å². The van der Waals surface area contributed by atoms with Crippen LogP contribution in [0.25, 0.3) is 0 Å². The third-order valence-corrected chi connectivity index (χ3v) is 5.18. The maximum Gasteiger partial charge on any atom is 0.269 e. The molecule has 1 aromatic heterocycles. The molecular formula is C22H29N3O6. The van der Waals surface area contributed by atoms with Crippen molar-refractivity contribution >= 4 is 5.91 Å². The lowest BCUT2D eigenvalue weighted by atomic mass is 10.0. The van der Waals surface area contributed by atoms with Crippen molar-refractivity contribution in [3.63, 3.8) is 0 Å².